The molecule has 0 saturated carbocycles. The molecule has 0 amide bonds. The van der Waals surface area contributed by atoms with Crippen LogP contribution in [0, 0.1) is 0 Å². The molecule has 0 bridgehead atoms. The van der Waals surface area contributed by atoms with Gasteiger partial charge in [0.25, 0.3) is 0 Å². The van der Waals surface area contributed by atoms with Crippen LogP contribution < -0.4 is 0 Å². The summed E-state index contributed by atoms with van der Waals surface area (Å²) in [5, 5.41) is 17.3. The van der Waals surface area contributed by atoms with Crippen LogP contribution in [0.3, 0.4) is 0 Å². The fourth-order valence-electron chi connectivity index (χ4n) is 0.636. The molecule has 0 aromatic carbocycles. The van der Waals surface area contributed by atoms with Gasteiger partial charge in [0, 0.05) is 0 Å². The van der Waals surface area contributed by atoms with E-state index in [4.69, 9.17) is 14.6 Å². The first kappa shape index (κ1) is 6.89. The second-order valence-corrected chi connectivity index (χ2v) is 1.80. The molecular weight excluding hydrogens is 132 g/mol. The average Bonchev–Trinajstić information content (AvgIpc) is 2.38. The van der Waals surface area contributed by atoms with Gasteiger partial charge in [-0.3, -0.25) is 0 Å². The van der Waals surface area contributed by atoms with Crippen LogP contribution in [0.2, 0.25) is 0 Å². The van der Waals surface area contributed by atoms with E-state index in [2.05, 4.69) is 0 Å². The summed E-state index contributed by atoms with van der Waals surface area (Å²) in [5.74, 6) is 0.422. The highest BCUT2D eigenvalue weighted by atomic mass is 16.4. The van der Waals surface area contributed by atoms with Crippen molar-refractivity contribution in [3.63, 3.8) is 0 Å². The minimum atomic E-state index is -0.847. The van der Waals surface area contributed by atoms with E-state index in [-0.39, 0.29) is 0 Å². The van der Waals surface area contributed by atoms with E-state index >= 15 is 0 Å². The molecule has 0 aliphatic rings. The van der Waals surface area contributed by atoms with Crippen LogP contribution in [0.1, 0.15) is 11.9 Å². The Bertz CT molecular complexity index is 201. The Hall–Kier alpha value is -1.22. The SMILES string of the molecule is OC=CC(O)c1ccco1. The van der Waals surface area contributed by atoms with E-state index in [1.807, 2.05) is 0 Å². The fraction of sp³-hybridized carbons (Fsp3) is 0.143. The van der Waals surface area contributed by atoms with Crippen molar-refractivity contribution >= 4 is 0 Å². The lowest BCUT2D eigenvalue weighted by atomic mass is 10.3. The first-order valence-electron chi connectivity index (χ1n) is 2.87. The molecule has 3 heteroatoms. The predicted octanol–water partition coefficient (Wildman–Crippen LogP) is 1.38. The van der Waals surface area contributed by atoms with Crippen molar-refractivity contribution in [1.82, 2.24) is 0 Å². The quantitative estimate of drug-likeness (QED) is 0.610. The van der Waals surface area contributed by atoms with Crippen molar-refractivity contribution in [3.8, 4) is 0 Å². The van der Waals surface area contributed by atoms with Crippen LogP contribution in [0.4, 0.5) is 0 Å². The molecule has 1 aromatic rings. The zero-order valence-electron chi connectivity index (χ0n) is 5.27. The Kier molecular flexibility index (Phi) is 2.12. The van der Waals surface area contributed by atoms with E-state index in [0.717, 1.165) is 6.26 Å². The van der Waals surface area contributed by atoms with Gasteiger partial charge in [0.2, 0.25) is 0 Å². The van der Waals surface area contributed by atoms with Crippen molar-refractivity contribution in [2.75, 3.05) is 0 Å². The third kappa shape index (κ3) is 1.39. The van der Waals surface area contributed by atoms with E-state index in [9.17, 15) is 0 Å². The molecule has 1 atom stereocenters. The molecule has 10 heavy (non-hydrogen) atoms. The molecule has 0 aliphatic carbocycles. The van der Waals surface area contributed by atoms with Gasteiger partial charge in [-0.05, 0) is 18.2 Å². The Labute approximate surface area is 58.2 Å². The lowest BCUT2D eigenvalue weighted by molar-refractivity contribution is 0.194. The van der Waals surface area contributed by atoms with Crippen molar-refractivity contribution in [3.05, 3.63) is 36.5 Å². The van der Waals surface area contributed by atoms with Gasteiger partial charge in [-0.25, -0.2) is 0 Å². The number of hydrogen-bond acceptors (Lipinski definition) is 3. The van der Waals surface area contributed by atoms with Crippen LogP contribution in [0.15, 0.2) is 35.2 Å². The summed E-state index contributed by atoms with van der Waals surface area (Å²) in [6, 6.07) is 3.30. The van der Waals surface area contributed by atoms with Gasteiger partial charge in [-0.1, -0.05) is 0 Å². The Morgan fingerprint density at radius 3 is 2.90 bits per heavy atom. The monoisotopic (exact) mass is 140 g/mol. The highest BCUT2D eigenvalue weighted by molar-refractivity contribution is 5.07. The van der Waals surface area contributed by atoms with Gasteiger partial charge in [-0.2, -0.15) is 0 Å². The maximum absolute atomic E-state index is 9.07. The third-order valence-electron chi connectivity index (χ3n) is 1.10. The van der Waals surface area contributed by atoms with Crippen molar-refractivity contribution in [1.29, 1.82) is 0 Å². The number of rotatable bonds is 2. The molecule has 1 rings (SSSR count). The van der Waals surface area contributed by atoms with Crippen LogP contribution in [0.25, 0.3) is 0 Å². The number of aliphatic hydroxyl groups is 2. The summed E-state index contributed by atoms with van der Waals surface area (Å²) in [6.45, 7) is 0. The third-order valence-corrected chi connectivity index (χ3v) is 1.10. The zero-order chi connectivity index (χ0) is 7.40. The second kappa shape index (κ2) is 3.08. The summed E-state index contributed by atoms with van der Waals surface area (Å²) in [5.41, 5.74) is 0. The van der Waals surface area contributed by atoms with Gasteiger partial charge < -0.3 is 14.6 Å². The smallest absolute Gasteiger partial charge is 0.136 e. The topological polar surface area (TPSA) is 53.6 Å². The molecule has 54 valence electrons. The number of furan rings is 1. The minimum Gasteiger partial charge on any atom is -0.516 e. The van der Waals surface area contributed by atoms with Crippen LogP contribution in [-0.2, 0) is 0 Å². The summed E-state index contributed by atoms with van der Waals surface area (Å²) >= 11 is 0. The lowest BCUT2D eigenvalue weighted by Gasteiger charge is -1.97. The Balaban J connectivity index is 2.67. The molecule has 0 saturated heterocycles. The zero-order valence-corrected chi connectivity index (χ0v) is 5.27. The van der Waals surface area contributed by atoms with Gasteiger partial charge in [0.15, 0.2) is 0 Å². The highest BCUT2D eigenvalue weighted by Crippen LogP contribution is 2.13. The van der Waals surface area contributed by atoms with Gasteiger partial charge >= 0.3 is 0 Å². The first-order chi connectivity index (χ1) is 4.84. The summed E-state index contributed by atoms with van der Waals surface area (Å²) < 4.78 is 4.84. The Morgan fingerprint density at radius 1 is 1.60 bits per heavy atom. The van der Waals surface area contributed by atoms with E-state index < -0.39 is 6.10 Å². The highest BCUT2D eigenvalue weighted by Gasteiger charge is 2.04. The largest absolute Gasteiger partial charge is 0.516 e. The maximum atomic E-state index is 9.07. The van der Waals surface area contributed by atoms with Crippen molar-refractivity contribution in [2.24, 2.45) is 0 Å². The summed E-state index contributed by atoms with van der Waals surface area (Å²) in [7, 11) is 0. The van der Waals surface area contributed by atoms with Crippen LogP contribution >= 0.6 is 0 Å². The Morgan fingerprint density at radius 2 is 2.40 bits per heavy atom. The fourth-order valence-corrected chi connectivity index (χ4v) is 0.636. The van der Waals surface area contributed by atoms with Gasteiger partial charge in [0.1, 0.15) is 11.9 Å². The molecule has 3 nitrogen and oxygen atoms in total. The van der Waals surface area contributed by atoms with Gasteiger partial charge in [-0.15, -0.1) is 0 Å². The predicted molar refractivity (Wildman–Crippen MR) is 35.4 cm³/mol. The molecule has 1 aromatic heterocycles. The molecule has 0 aliphatic heterocycles. The average molecular weight is 140 g/mol. The minimum absolute atomic E-state index is 0.422. The summed E-state index contributed by atoms with van der Waals surface area (Å²) in [4.78, 5) is 0. The molecule has 0 fully saturated rings. The van der Waals surface area contributed by atoms with Crippen molar-refractivity contribution < 1.29 is 14.6 Å². The molecule has 0 spiro atoms. The van der Waals surface area contributed by atoms with E-state index in [1.165, 1.54) is 12.3 Å². The standard InChI is InChI=1S/C7H8O3/c8-4-3-6(9)7-2-1-5-10-7/h1-6,8-9H. The summed E-state index contributed by atoms with van der Waals surface area (Å²) in [6.07, 6.45) is 2.62. The van der Waals surface area contributed by atoms with Crippen LogP contribution in [-0.4, -0.2) is 10.2 Å². The molecule has 2 N–H and O–H groups in total. The van der Waals surface area contributed by atoms with Gasteiger partial charge in [0.05, 0.1) is 12.5 Å². The normalized spacial score (nSPS) is 14.1. The molecular formula is C7H8O3. The number of hydrogen-bond donors (Lipinski definition) is 2. The van der Waals surface area contributed by atoms with E-state index in [1.54, 1.807) is 12.1 Å². The van der Waals surface area contributed by atoms with E-state index in [0.29, 0.717) is 5.76 Å². The second-order valence-electron chi connectivity index (χ2n) is 1.80. The van der Waals surface area contributed by atoms with Crippen molar-refractivity contribution in [2.45, 2.75) is 6.10 Å². The maximum Gasteiger partial charge on any atom is 0.136 e. The lowest BCUT2D eigenvalue weighted by Crippen LogP contribution is -1.88. The number of aliphatic hydroxyl groups excluding tert-OH is 2. The first-order valence-corrected chi connectivity index (χ1v) is 2.87. The molecule has 1 unspecified atom stereocenters. The molecule has 1 heterocycles. The van der Waals surface area contributed by atoms with Crippen LogP contribution in [0.5, 0.6) is 0 Å². The molecule has 0 radical (unpaired) electrons.